The van der Waals surface area contributed by atoms with Crippen LogP contribution in [0.3, 0.4) is 0 Å². The van der Waals surface area contributed by atoms with Crippen molar-refractivity contribution < 1.29 is 30.3 Å². The van der Waals surface area contributed by atoms with Crippen molar-refractivity contribution in [1.82, 2.24) is 4.98 Å². The summed E-state index contributed by atoms with van der Waals surface area (Å²) in [4.78, 5) is 3.05. The summed E-state index contributed by atoms with van der Waals surface area (Å²) in [6.45, 7) is -0.526. The minimum atomic E-state index is -1.57. The predicted octanol–water partition coefficient (Wildman–Crippen LogP) is 0.362. The van der Waals surface area contributed by atoms with E-state index in [1.165, 1.54) is 0 Å². The van der Waals surface area contributed by atoms with E-state index in [0.29, 0.717) is 5.15 Å². The van der Waals surface area contributed by atoms with E-state index in [1.807, 2.05) is 24.3 Å². The van der Waals surface area contributed by atoms with Gasteiger partial charge in [-0.3, -0.25) is 0 Å². The summed E-state index contributed by atoms with van der Waals surface area (Å²) < 4.78 is 5.52. The third-order valence-corrected chi connectivity index (χ3v) is 4.80. The molecule has 0 amide bonds. The number of para-hydroxylation sites is 1. The number of rotatable bonds is 1. The largest absolute Gasteiger partial charge is 0.394 e. The molecule has 1 aromatic carbocycles. The molecule has 1 fully saturated rings. The maximum absolute atomic E-state index is 9.12. The van der Waals surface area contributed by atoms with E-state index in [0.717, 1.165) is 15.4 Å². The molecule has 9 heteroatoms. The van der Waals surface area contributed by atoms with Crippen LogP contribution in [0.15, 0.2) is 28.7 Å². The van der Waals surface area contributed by atoms with Gasteiger partial charge in [-0.25, -0.2) is 0 Å². The fraction of sp³-hybridized carbons (Fsp3) is 0.429. The Bertz CT molecular complexity index is 648. The summed E-state index contributed by atoms with van der Waals surface area (Å²) in [5.41, 5.74) is 1.06. The van der Waals surface area contributed by atoms with Gasteiger partial charge in [-0.1, -0.05) is 29.8 Å². The molecule has 2 aromatic rings. The fourth-order valence-electron chi connectivity index (χ4n) is 2.16. The van der Waals surface area contributed by atoms with Crippen molar-refractivity contribution >= 4 is 38.4 Å². The Hall–Kier alpha value is -0.710. The van der Waals surface area contributed by atoms with E-state index in [9.17, 15) is 0 Å². The fourth-order valence-corrected chi connectivity index (χ4v) is 2.81. The zero-order chi connectivity index (χ0) is 17.1. The number of nitrogens with one attached hydrogen (secondary N) is 1. The Balaban J connectivity index is 0.000000167. The molecule has 3 rings (SSSR count). The third-order valence-electron chi connectivity index (χ3n) is 3.47. The van der Waals surface area contributed by atoms with Crippen LogP contribution in [0.1, 0.15) is 0 Å². The van der Waals surface area contributed by atoms with Crippen molar-refractivity contribution in [2.24, 2.45) is 0 Å². The number of fused-ring (bicyclic) bond motifs is 1. The lowest BCUT2D eigenvalue weighted by Crippen LogP contribution is -2.58. The highest BCUT2D eigenvalue weighted by Crippen LogP contribution is 2.30. The second-order valence-electron chi connectivity index (χ2n) is 5.02. The van der Waals surface area contributed by atoms with Crippen molar-refractivity contribution in [3.8, 4) is 0 Å². The monoisotopic (exact) mass is 409 g/mol. The quantitative estimate of drug-likeness (QED) is 0.403. The number of aliphatic hydroxyl groups excluding tert-OH is 5. The summed E-state index contributed by atoms with van der Waals surface area (Å²) >= 11 is 9.24. The van der Waals surface area contributed by atoms with Gasteiger partial charge in [0.2, 0.25) is 0 Å². The van der Waals surface area contributed by atoms with Gasteiger partial charge >= 0.3 is 0 Å². The van der Waals surface area contributed by atoms with Gasteiger partial charge < -0.3 is 35.3 Å². The molecule has 1 aromatic heterocycles. The molecule has 5 atom stereocenters. The number of benzene rings is 1. The first kappa shape index (κ1) is 18.6. The topological polar surface area (TPSA) is 126 Å². The smallest absolute Gasteiger partial charge is 0.184 e. The molecule has 1 aliphatic heterocycles. The van der Waals surface area contributed by atoms with E-state index in [-0.39, 0.29) is 0 Å². The number of ether oxygens (including phenoxy) is 1. The van der Waals surface area contributed by atoms with Crippen LogP contribution in [0.5, 0.6) is 0 Å². The lowest BCUT2D eigenvalue weighted by atomic mass is 10.00. The number of halogens is 2. The van der Waals surface area contributed by atoms with Crippen LogP contribution in [0, 0.1) is 0 Å². The SMILES string of the molecule is Clc1[nH]c2ccccc2c1Br.OC[C@H]1O[C@@H](O)[C@H](O)[C@@H](O)[C@@H]1O. The highest BCUT2D eigenvalue weighted by Gasteiger charge is 2.42. The van der Waals surface area contributed by atoms with E-state index >= 15 is 0 Å². The van der Waals surface area contributed by atoms with Crippen molar-refractivity contribution in [1.29, 1.82) is 0 Å². The molecular formula is C14H17BrClNO6. The first-order valence-electron chi connectivity index (χ1n) is 6.77. The van der Waals surface area contributed by atoms with Gasteiger partial charge in [0.05, 0.1) is 11.1 Å². The van der Waals surface area contributed by atoms with Gasteiger partial charge in [-0.15, -0.1) is 0 Å². The van der Waals surface area contributed by atoms with Gasteiger partial charge in [0.15, 0.2) is 6.29 Å². The molecule has 1 saturated heterocycles. The van der Waals surface area contributed by atoms with Crippen molar-refractivity contribution in [2.45, 2.75) is 30.7 Å². The number of aromatic amines is 1. The standard InChI is InChI=1S/C8H5BrClN.C6H12O6/c9-7-5-3-1-2-4-6(5)11-8(7)10;7-1-2-3(8)4(9)5(10)6(11)12-2/h1-4,11H;2-11H,1H2/t;2-,3-,4+,5-,6-/m.1/s1. The summed E-state index contributed by atoms with van der Waals surface area (Å²) in [6.07, 6.45) is -7.04. The second-order valence-corrected chi connectivity index (χ2v) is 6.19. The molecule has 0 bridgehead atoms. The Morgan fingerprint density at radius 3 is 2.35 bits per heavy atom. The van der Waals surface area contributed by atoms with Crippen LogP contribution >= 0.6 is 27.5 Å². The maximum atomic E-state index is 9.12. The van der Waals surface area contributed by atoms with Crippen LogP contribution in [-0.2, 0) is 4.74 Å². The van der Waals surface area contributed by atoms with E-state index < -0.39 is 37.3 Å². The third kappa shape index (κ3) is 4.04. The Morgan fingerprint density at radius 1 is 1.09 bits per heavy atom. The van der Waals surface area contributed by atoms with Crippen LogP contribution in [0.25, 0.3) is 10.9 Å². The summed E-state index contributed by atoms with van der Waals surface area (Å²) in [5, 5.41) is 46.4. The van der Waals surface area contributed by atoms with E-state index in [4.69, 9.17) is 37.1 Å². The summed E-state index contributed by atoms with van der Waals surface area (Å²) in [6, 6.07) is 7.96. The predicted molar refractivity (Wildman–Crippen MR) is 87.0 cm³/mol. The first-order valence-corrected chi connectivity index (χ1v) is 7.94. The van der Waals surface area contributed by atoms with Crippen molar-refractivity contribution in [3.63, 3.8) is 0 Å². The van der Waals surface area contributed by atoms with E-state index in [2.05, 4.69) is 25.7 Å². The maximum Gasteiger partial charge on any atom is 0.184 e. The van der Waals surface area contributed by atoms with Crippen molar-refractivity contribution in [2.75, 3.05) is 6.61 Å². The Morgan fingerprint density at radius 2 is 1.74 bits per heavy atom. The van der Waals surface area contributed by atoms with E-state index in [1.54, 1.807) is 0 Å². The molecule has 0 saturated carbocycles. The summed E-state index contributed by atoms with van der Waals surface area (Å²) in [5.74, 6) is 0. The lowest BCUT2D eigenvalue weighted by Gasteiger charge is -2.37. The number of aromatic nitrogens is 1. The molecule has 6 N–H and O–H groups in total. The van der Waals surface area contributed by atoms with Crippen LogP contribution < -0.4 is 0 Å². The molecule has 1 aliphatic rings. The van der Waals surface area contributed by atoms with Gasteiger partial charge in [-0.05, 0) is 22.0 Å². The number of aliphatic hydroxyl groups is 5. The van der Waals surface area contributed by atoms with Gasteiger partial charge in [0, 0.05) is 10.9 Å². The number of hydrogen-bond donors (Lipinski definition) is 6. The normalized spacial score (nSPS) is 30.8. The van der Waals surface area contributed by atoms with Gasteiger partial charge in [0.25, 0.3) is 0 Å². The van der Waals surface area contributed by atoms with Crippen molar-refractivity contribution in [3.05, 3.63) is 33.9 Å². The average molecular weight is 411 g/mol. The lowest BCUT2D eigenvalue weighted by molar-refractivity contribution is -0.286. The molecule has 0 aliphatic carbocycles. The minimum absolute atomic E-state index is 0.526. The highest BCUT2D eigenvalue weighted by molar-refractivity contribution is 9.10. The first-order chi connectivity index (χ1) is 10.9. The van der Waals surface area contributed by atoms with Crippen LogP contribution in [0.2, 0.25) is 5.15 Å². The molecular weight excluding hydrogens is 394 g/mol. The van der Waals surface area contributed by atoms with Crippen LogP contribution in [-0.4, -0.2) is 67.8 Å². The molecule has 128 valence electrons. The molecule has 7 nitrogen and oxygen atoms in total. The molecule has 23 heavy (non-hydrogen) atoms. The van der Waals surface area contributed by atoms with Crippen LogP contribution in [0.4, 0.5) is 0 Å². The molecule has 0 spiro atoms. The zero-order valence-corrected chi connectivity index (χ0v) is 14.1. The Labute approximate surface area is 145 Å². The molecule has 2 heterocycles. The number of H-pyrrole nitrogens is 1. The highest BCUT2D eigenvalue weighted by atomic mass is 79.9. The zero-order valence-electron chi connectivity index (χ0n) is 11.8. The Kier molecular flexibility index (Phi) is 6.40. The number of hydrogen-bond acceptors (Lipinski definition) is 6. The second kappa shape index (κ2) is 7.91. The van der Waals surface area contributed by atoms with Gasteiger partial charge in [-0.2, -0.15) is 0 Å². The summed E-state index contributed by atoms with van der Waals surface area (Å²) in [7, 11) is 0. The average Bonchev–Trinajstić information content (AvgIpc) is 2.84. The molecule has 0 radical (unpaired) electrons. The molecule has 0 unspecified atom stereocenters. The van der Waals surface area contributed by atoms with Gasteiger partial charge in [0.1, 0.15) is 29.6 Å². The minimum Gasteiger partial charge on any atom is -0.394 e.